The minimum Gasteiger partial charge on any atom is -0.319 e. The van der Waals surface area contributed by atoms with Crippen LogP contribution in [0.1, 0.15) is 29.3 Å². The second-order valence-electron chi connectivity index (χ2n) is 7.90. The summed E-state index contributed by atoms with van der Waals surface area (Å²) >= 11 is 0. The molecule has 136 valence electrons. The van der Waals surface area contributed by atoms with Crippen LogP contribution in [0.2, 0.25) is 0 Å². The maximum absolute atomic E-state index is 13.3. The Kier molecular flexibility index (Phi) is 3.77. The first-order valence-corrected chi connectivity index (χ1v) is 9.37. The number of hydrogen-bond donors (Lipinski definition) is 1. The molecule has 2 aliphatic heterocycles. The summed E-state index contributed by atoms with van der Waals surface area (Å²) in [7, 11) is 0. The Labute approximate surface area is 151 Å². The predicted molar refractivity (Wildman–Crippen MR) is 94.2 cm³/mol. The lowest BCUT2D eigenvalue weighted by molar-refractivity contribution is 0.100. The van der Waals surface area contributed by atoms with Crippen LogP contribution in [-0.4, -0.2) is 45.2 Å². The van der Waals surface area contributed by atoms with Gasteiger partial charge in [-0.3, -0.25) is 4.79 Å². The molecule has 0 spiro atoms. The molecule has 1 aliphatic carbocycles. The van der Waals surface area contributed by atoms with E-state index in [0.717, 1.165) is 37.8 Å². The molecule has 1 saturated heterocycles. The summed E-state index contributed by atoms with van der Waals surface area (Å²) in [6, 6.07) is 5.88. The third-order valence-electron chi connectivity index (χ3n) is 5.84. The van der Waals surface area contributed by atoms with Crippen molar-refractivity contribution in [2.24, 2.45) is 17.8 Å². The van der Waals surface area contributed by atoms with E-state index in [4.69, 9.17) is 0 Å². The molecular formula is C19H22FN5O. The van der Waals surface area contributed by atoms with Crippen LogP contribution in [-0.2, 0) is 13.0 Å². The molecule has 26 heavy (non-hydrogen) atoms. The Bertz CT molecular complexity index is 846. The minimum atomic E-state index is -0.379. The number of carbonyl (C=O) groups excluding carboxylic acids is 1. The van der Waals surface area contributed by atoms with Crippen LogP contribution < -0.4 is 5.32 Å². The molecular weight excluding hydrogens is 333 g/mol. The minimum absolute atomic E-state index is 0.323. The van der Waals surface area contributed by atoms with Gasteiger partial charge in [0.25, 0.3) is 5.91 Å². The maximum Gasteiger partial charge on any atom is 0.293 e. The van der Waals surface area contributed by atoms with Crippen LogP contribution >= 0.6 is 0 Å². The van der Waals surface area contributed by atoms with Crippen molar-refractivity contribution < 1.29 is 9.18 Å². The average molecular weight is 355 g/mol. The lowest BCUT2D eigenvalue weighted by Gasteiger charge is -2.25. The van der Waals surface area contributed by atoms with Crippen molar-refractivity contribution in [1.29, 1.82) is 0 Å². The fourth-order valence-electron chi connectivity index (χ4n) is 4.36. The van der Waals surface area contributed by atoms with E-state index >= 15 is 0 Å². The van der Waals surface area contributed by atoms with Crippen LogP contribution in [0.15, 0.2) is 24.3 Å². The first kappa shape index (κ1) is 15.9. The van der Waals surface area contributed by atoms with Crippen molar-refractivity contribution in [3.8, 4) is 0 Å². The number of benzene rings is 1. The molecule has 2 fully saturated rings. The van der Waals surface area contributed by atoms with E-state index in [2.05, 4.69) is 20.4 Å². The zero-order valence-electron chi connectivity index (χ0n) is 14.6. The molecule has 3 heterocycles. The number of amides is 1. The van der Waals surface area contributed by atoms with Gasteiger partial charge in [0, 0.05) is 38.3 Å². The highest BCUT2D eigenvalue weighted by Crippen LogP contribution is 2.36. The molecule has 2 atom stereocenters. The van der Waals surface area contributed by atoms with E-state index in [9.17, 15) is 9.18 Å². The molecule has 7 heteroatoms. The number of nitrogens with zero attached hydrogens (tertiary/aromatic N) is 4. The molecule has 1 saturated carbocycles. The monoisotopic (exact) mass is 355 g/mol. The van der Waals surface area contributed by atoms with Gasteiger partial charge in [-0.2, -0.15) is 0 Å². The van der Waals surface area contributed by atoms with Crippen molar-refractivity contribution in [2.75, 3.05) is 25.0 Å². The Balaban J connectivity index is 1.31. The van der Waals surface area contributed by atoms with Gasteiger partial charge >= 0.3 is 0 Å². The lowest BCUT2D eigenvalue weighted by atomic mass is 9.89. The van der Waals surface area contributed by atoms with Gasteiger partial charge in [0.1, 0.15) is 11.6 Å². The smallest absolute Gasteiger partial charge is 0.293 e. The molecule has 1 amide bonds. The fraction of sp³-hybridized carbons (Fsp3) is 0.526. The number of fused-ring (bicyclic) bond motifs is 2. The third kappa shape index (κ3) is 3.00. The van der Waals surface area contributed by atoms with E-state index in [0.29, 0.717) is 23.3 Å². The Morgan fingerprint density at radius 3 is 2.85 bits per heavy atom. The highest BCUT2D eigenvalue weighted by molar-refractivity contribution is 6.01. The van der Waals surface area contributed by atoms with E-state index in [1.54, 1.807) is 12.1 Å². The molecule has 0 radical (unpaired) electrons. The summed E-state index contributed by atoms with van der Waals surface area (Å²) in [6.45, 7) is 4.25. The van der Waals surface area contributed by atoms with Gasteiger partial charge in [-0.25, -0.2) is 4.39 Å². The van der Waals surface area contributed by atoms with Crippen molar-refractivity contribution in [3.63, 3.8) is 0 Å². The number of anilines is 1. The number of hydrogen-bond acceptors (Lipinski definition) is 4. The van der Waals surface area contributed by atoms with Gasteiger partial charge in [-0.1, -0.05) is 6.07 Å². The Morgan fingerprint density at radius 1 is 1.19 bits per heavy atom. The van der Waals surface area contributed by atoms with E-state index < -0.39 is 0 Å². The number of rotatable bonds is 4. The molecule has 0 bridgehead atoms. The van der Waals surface area contributed by atoms with E-state index in [1.165, 1.54) is 31.5 Å². The molecule has 1 aromatic carbocycles. The standard InChI is InChI=1S/C19H22FN5O/c20-15-2-1-3-16(7-15)21-19(26)18-23-22-17-6-13-9-24(8-12-4-5-12)10-14(13)11-25(17)18/h1-3,7,12-14H,4-6,8-11H2,(H,21,26)/t13-,14+/m0/s1. The molecule has 3 aliphatic rings. The van der Waals surface area contributed by atoms with Gasteiger partial charge < -0.3 is 14.8 Å². The SMILES string of the molecule is O=C(Nc1cccc(F)c1)c1nnc2n1C[C@H]1CN(CC3CC3)C[C@@H]1C2. The lowest BCUT2D eigenvalue weighted by Crippen LogP contribution is -2.31. The zero-order valence-corrected chi connectivity index (χ0v) is 14.6. The molecule has 5 rings (SSSR count). The van der Waals surface area contributed by atoms with E-state index in [-0.39, 0.29) is 11.7 Å². The molecule has 1 N–H and O–H groups in total. The van der Waals surface area contributed by atoms with Crippen LogP contribution in [0.3, 0.4) is 0 Å². The van der Waals surface area contributed by atoms with Gasteiger partial charge in [-0.15, -0.1) is 10.2 Å². The molecule has 0 unspecified atom stereocenters. The van der Waals surface area contributed by atoms with Crippen molar-refractivity contribution in [1.82, 2.24) is 19.7 Å². The van der Waals surface area contributed by atoms with Crippen molar-refractivity contribution >= 4 is 11.6 Å². The maximum atomic E-state index is 13.3. The summed E-state index contributed by atoms with van der Waals surface area (Å²) < 4.78 is 15.3. The summed E-state index contributed by atoms with van der Waals surface area (Å²) in [5.41, 5.74) is 0.428. The van der Waals surface area contributed by atoms with Gasteiger partial charge in [0.15, 0.2) is 0 Å². The zero-order chi connectivity index (χ0) is 17.7. The highest BCUT2D eigenvalue weighted by atomic mass is 19.1. The average Bonchev–Trinajstić information content (AvgIpc) is 3.18. The summed E-state index contributed by atoms with van der Waals surface area (Å²) in [5.74, 6) is 2.58. The van der Waals surface area contributed by atoms with Gasteiger partial charge in [-0.05, 0) is 48.8 Å². The van der Waals surface area contributed by atoms with E-state index in [1.807, 2.05) is 4.57 Å². The normalized spacial score (nSPS) is 25.0. The highest BCUT2D eigenvalue weighted by Gasteiger charge is 2.40. The number of aromatic nitrogens is 3. The van der Waals surface area contributed by atoms with Crippen LogP contribution in [0, 0.1) is 23.6 Å². The van der Waals surface area contributed by atoms with Crippen molar-refractivity contribution in [3.05, 3.63) is 41.7 Å². The Hall–Kier alpha value is -2.28. The van der Waals surface area contributed by atoms with Crippen LogP contribution in [0.4, 0.5) is 10.1 Å². The second-order valence-corrected chi connectivity index (χ2v) is 7.90. The molecule has 6 nitrogen and oxygen atoms in total. The topological polar surface area (TPSA) is 63.1 Å². The van der Waals surface area contributed by atoms with Crippen LogP contribution in [0.25, 0.3) is 0 Å². The number of halogens is 1. The number of carbonyl (C=O) groups is 1. The number of likely N-dealkylation sites (tertiary alicyclic amines) is 1. The van der Waals surface area contributed by atoms with Gasteiger partial charge in [0.2, 0.25) is 5.82 Å². The van der Waals surface area contributed by atoms with Crippen LogP contribution in [0.5, 0.6) is 0 Å². The second kappa shape index (κ2) is 6.16. The van der Waals surface area contributed by atoms with Gasteiger partial charge in [0.05, 0.1) is 0 Å². The summed E-state index contributed by atoms with van der Waals surface area (Å²) in [6.07, 6.45) is 3.63. The number of nitrogens with one attached hydrogen (secondary N) is 1. The Morgan fingerprint density at radius 2 is 2.04 bits per heavy atom. The summed E-state index contributed by atoms with van der Waals surface area (Å²) in [5, 5.41) is 11.1. The fourth-order valence-corrected chi connectivity index (χ4v) is 4.36. The third-order valence-corrected chi connectivity index (χ3v) is 5.84. The quantitative estimate of drug-likeness (QED) is 0.913. The largest absolute Gasteiger partial charge is 0.319 e. The molecule has 2 aromatic rings. The first-order chi connectivity index (χ1) is 12.7. The van der Waals surface area contributed by atoms with Crippen molar-refractivity contribution in [2.45, 2.75) is 25.8 Å². The first-order valence-electron chi connectivity index (χ1n) is 9.37. The predicted octanol–water partition coefficient (Wildman–Crippen LogP) is 2.18. The summed E-state index contributed by atoms with van der Waals surface area (Å²) in [4.78, 5) is 15.2. The molecule has 1 aromatic heterocycles.